The lowest BCUT2D eigenvalue weighted by Gasteiger charge is -2.27. The zero-order chi connectivity index (χ0) is 29.2. The molecule has 0 radical (unpaired) electrons. The number of hydrogen-bond acceptors (Lipinski definition) is 7. The number of ketones is 1. The average Bonchev–Trinajstić information content (AvgIpc) is 3.51. The van der Waals surface area contributed by atoms with Crippen molar-refractivity contribution >= 4 is 23.5 Å². The van der Waals surface area contributed by atoms with Gasteiger partial charge in [0.05, 0.1) is 32.4 Å². The third-order valence-corrected chi connectivity index (χ3v) is 8.01. The van der Waals surface area contributed by atoms with E-state index in [1.807, 2.05) is 35.2 Å². The van der Waals surface area contributed by atoms with E-state index in [9.17, 15) is 19.2 Å². The second-order valence-electron chi connectivity index (χ2n) is 11.5. The number of rotatable bonds is 15. The van der Waals surface area contributed by atoms with Crippen LogP contribution in [0.2, 0.25) is 0 Å². The van der Waals surface area contributed by atoms with Crippen LogP contribution >= 0.6 is 0 Å². The summed E-state index contributed by atoms with van der Waals surface area (Å²) in [5, 5.41) is 8.54. The lowest BCUT2D eigenvalue weighted by molar-refractivity contribution is -0.134. The Morgan fingerprint density at radius 2 is 1.71 bits per heavy atom. The van der Waals surface area contributed by atoms with E-state index in [-0.39, 0.29) is 18.2 Å². The number of nitrogens with one attached hydrogen (secondary N) is 3. The Balaban J connectivity index is 1.39. The van der Waals surface area contributed by atoms with Crippen LogP contribution in [0.25, 0.3) is 0 Å². The van der Waals surface area contributed by atoms with Gasteiger partial charge in [-0.3, -0.25) is 24.1 Å². The molecular weight excluding hydrogens is 524 g/mol. The van der Waals surface area contributed by atoms with Crippen molar-refractivity contribution in [3.05, 3.63) is 47.5 Å². The molecule has 41 heavy (non-hydrogen) atoms. The molecule has 2 aliphatic heterocycles. The number of amides is 3. The summed E-state index contributed by atoms with van der Waals surface area (Å²) in [7, 11) is 0. The van der Waals surface area contributed by atoms with E-state index in [1.54, 1.807) is 13.8 Å². The molecule has 1 aromatic carbocycles. The number of ether oxygens (including phenoxy) is 2. The molecule has 3 aliphatic rings. The molecule has 2 fully saturated rings. The van der Waals surface area contributed by atoms with Gasteiger partial charge in [0.2, 0.25) is 17.7 Å². The lowest BCUT2D eigenvalue weighted by Crippen LogP contribution is -2.56. The van der Waals surface area contributed by atoms with Crippen molar-refractivity contribution in [1.82, 2.24) is 20.9 Å². The molecule has 4 rings (SSSR count). The third kappa shape index (κ3) is 9.48. The van der Waals surface area contributed by atoms with E-state index in [0.29, 0.717) is 52.2 Å². The Bertz CT molecular complexity index is 1100. The van der Waals surface area contributed by atoms with Crippen LogP contribution in [0.3, 0.4) is 0 Å². The van der Waals surface area contributed by atoms with E-state index in [1.165, 1.54) is 0 Å². The van der Waals surface area contributed by atoms with Gasteiger partial charge >= 0.3 is 0 Å². The highest BCUT2D eigenvalue weighted by Gasteiger charge is 2.50. The summed E-state index contributed by atoms with van der Waals surface area (Å²) in [5.41, 5.74) is 1.43. The topological polar surface area (TPSA) is 129 Å². The molecule has 0 saturated carbocycles. The van der Waals surface area contributed by atoms with Gasteiger partial charge in [0, 0.05) is 13.1 Å². The Morgan fingerprint density at radius 3 is 2.37 bits per heavy atom. The summed E-state index contributed by atoms with van der Waals surface area (Å²) in [6, 6.07) is 7.54. The van der Waals surface area contributed by atoms with Gasteiger partial charge in [-0.2, -0.15) is 0 Å². The summed E-state index contributed by atoms with van der Waals surface area (Å²) in [6.45, 7) is 6.37. The zero-order valence-corrected chi connectivity index (χ0v) is 24.3. The number of nitrogens with zero attached hydrogens (tertiary/aromatic N) is 1. The van der Waals surface area contributed by atoms with Crippen molar-refractivity contribution in [2.75, 3.05) is 39.5 Å². The number of morpholine rings is 1. The molecular formula is C31H44N4O6. The lowest BCUT2D eigenvalue weighted by atomic mass is 9.94. The second kappa shape index (κ2) is 14.7. The average molecular weight is 569 g/mol. The predicted octanol–water partition coefficient (Wildman–Crippen LogP) is 1.67. The SMILES string of the molecule is C[C@H](NC(=O)CN1CCOCC1)C(=O)N[C@@H](CCCc1ccccc1)C(=O)N[C@@H](CC1=CCCC1)C(=O)[C@@]1(C)CO1. The van der Waals surface area contributed by atoms with Gasteiger partial charge in [-0.25, -0.2) is 0 Å². The number of aryl methyl sites for hydroxylation is 1. The maximum atomic E-state index is 13.6. The van der Waals surface area contributed by atoms with E-state index in [2.05, 4.69) is 22.0 Å². The standard InChI is InChI=1S/C31H44N4O6/c1-22(32-27(36)20-35-15-17-40-18-16-35)29(38)33-25(14-8-13-23-9-4-3-5-10-23)30(39)34-26(19-24-11-6-7-12-24)28(37)31(2)21-41-31/h3-5,9-11,22,25-26H,6-8,12-21H2,1-2H3,(H,32,36)(H,33,38)(H,34,39)/t22-,25-,26-,31+/m0/s1. The fourth-order valence-electron chi connectivity index (χ4n) is 5.32. The van der Waals surface area contributed by atoms with Gasteiger partial charge < -0.3 is 25.4 Å². The van der Waals surface area contributed by atoms with Crippen LogP contribution in [0.15, 0.2) is 42.0 Å². The van der Waals surface area contributed by atoms with Crippen LogP contribution in [0.4, 0.5) is 0 Å². The highest BCUT2D eigenvalue weighted by atomic mass is 16.6. The minimum atomic E-state index is -0.873. The molecule has 3 amide bonds. The van der Waals surface area contributed by atoms with Crippen molar-refractivity contribution in [1.29, 1.82) is 0 Å². The van der Waals surface area contributed by atoms with Crippen LogP contribution in [-0.4, -0.2) is 91.6 Å². The highest BCUT2D eigenvalue weighted by molar-refractivity contribution is 5.98. The van der Waals surface area contributed by atoms with Crippen molar-refractivity contribution in [3.8, 4) is 0 Å². The van der Waals surface area contributed by atoms with Gasteiger partial charge in [-0.15, -0.1) is 0 Å². The van der Waals surface area contributed by atoms with Gasteiger partial charge in [-0.1, -0.05) is 42.0 Å². The van der Waals surface area contributed by atoms with Gasteiger partial charge in [0.25, 0.3) is 0 Å². The zero-order valence-electron chi connectivity index (χ0n) is 24.3. The Hall–Kier alpha value is -3.08. The largest absolute Gasteiger partial charge is 0.379 e. The van der Waals surface area contributed by atoms with Crippen molar-refractivity contribution in [2.24, 2.45) is 0 Å². The maximum absolute atomic E-state index is 13.6. The molecule has 0 bridgehead atoms. The third-order valence-electron chi connectivity index (χ3n) is 8.01. The molecule has 0 spiro atoms. The normalized spacial score (nSPS) is 22.6. The summed E-state index contributed by atoms with van der Waals surface area (Å²) in [4.78, 5) is 54.6. The first-order valence-corrected chi connectivity index (χ1v) is 14.8. The summed E-state index contributed by atoms with van der Waals surface area (Å²) < 4.78 is 10.7. The van der Waals surface area contributed by atoms with Crippen LogP contribution in [-0.2, 0) is 35.1 Å². The quantitative estimate of drug-likeness (QED) is 0.217. The molecule has 224 valence electrons. The maximum Gasteiger partial charge on any atom is 0.243 e. The second-order valence-corrected chi connectivity index (χ2v) is 11.5. The number of allylic oxidation sites excluding steroid dienone is 1. The van der Waals surface area contributed by atoms with E-state index >= 15 is 0 Å². The number of benzene rings is 1. The highest BCUT2D eigenvalue weighted by Crippen LogP contribution is 2.31. The van der Waals surface area contributed by atoms with E-state index in [4.69, 9.17) is 9.47 Å². The molecule has 1 aliphatic carbocycles. The van der Waals surface area contributed by atoms with Crippen LogP contribution in [0.5, 0.6) is 0 Å². The minimum Gasteiger partial charge on any atom is -0.379 e. The van der Waals surface area contributed by atoms with Crippen molar-refractivity contribution in [2.45, 2.75) is 82.5 Å². The summed E-state index contributed by atoms with van der Waals surface area (Å²) in [5.74, 6) is -1.25. The Morgan fingerprint density at radius 1 is 1.00 bits per heavy atom. The molecule has 1 aromatic rings. The summed E-state index contributed by atoms with van der Waals surface area (Å²) >= 11 is 0. The predicted molar refractivity (Wildman–Crippen MR) is 154 cm³/mol. The molecule has 10 heteroatoms. The first-order chi connectivity index (χ1) is 19.7. The number of carbonyl (C=O) groups is 4. The van der Waals surface area contributed by atoms with Crippen LogP contribution in [0.1, 0.15) is 57.9 Å². The molecule has 2 saturated heterocycles. The number of epoxide rings is 1. The summed E-state index contributed by atoms with van der Waals surface area (Å²) in [6.07, 6.45) is 7.31. The van der Waals surface area contributed by atoms with Gasteiger partial charge in [-0.05, 0) is 64.4 Å². The molecule has 10 nitrogen and oxygen atoms in total. The van der Waals surface area contributed by atoms with Crippen LogP contribution in [0, 0.1) is 0 Å². The fraction of sp³-hybridized carbons (Fsp3) is 0.613. The monoisotopic (exact) mass is 568 g/mol. The number of carbonyl (C=O) groups excluding carboxylic acids is 4. The van der Waals surface area contributed by atoms with E-state index in [0.717, 1.165) is 36.8 Å². The number of hydrogen-bond donors (Lipinski definition) is 3. The fourth-order valence-corrected chi connectivity index (χ4v) is 5.32. The first-order valence-electron chi connectivity index (χ1n) is 14.8. The Labute approximate surface area is 242 Å². The smallest absolute Gasteiger partial charge is 0.243 e. The molecule has 0 unspecified atom stereocenters. The van der Waals surface area contributed by atoms with Crippen molar-refractivity contribution in [3.63, 3.8) is 0 Å². The van der Waals surface area contributed by atoms with Gasteiger partial charge in [0.1, 0.15) is 17.7 Å². The number of Topliss-reactive ketones (excluding diaryl/α,β-unsaturated/α-hetero) is 1. The first kappa shape index (κ1) is 30.9. The van der Waals surface area contributed by atoms with Gasteiger partial charge in [0.15, 0.2) is 5.78 Å². The molecule has 4 atom stereocenters. The molecule has 0 aromatic heterocycles. The minimum absolute atomic E-state index is 0.142. The van der Waals surface area contributed by atoms with E-state index < -0.39 is 35.5 Å². The van der Waals surface area contributed by atoms with Crippen molar-refractivity contribution < 1.29 is 28.7 Å². The molecule has 2 heterocycles. The molecule has 3 N–H and O–H groups in total. The van der Waals surface area contributed by atoms with Crippen LogP contribution < -0.4 is 16.0 Å². The Kier molecular flexibility index (Phi) is 11.1.